The van der Waals surface area contributed by atoms with Gasteiger partial charge in [-0.25, -0.2) is 0 Å². The number of terminal acetylenes is 1. The lowest BCUT2D eigenvalue weighted by molar-refractivity contribution is 1.27. The molecule has 54 valence electrons. The van der Waals surface area contributed by atoms with E-state index >= 15 is 0 Å². The van der Waals surface area contributed by atoms with Crippen LogP contribution in [-0.4, -0.2) is 4.58 Å². The van der Waals surface area contributed by atoms with Gasteiger partial charge in [-0.2, -0.15) is 0 Å². The summed E-state index contributed by atoms with van der Waals surface area (Å²) in [6.07, 6.45) is 5.32. The molecule has 2 rings (SSSR count). The molecule has 0 radical (unpaired) electrons. The second-order valence-electron chi connectivity index (χ2n) is 2.18. The van der Waals surface area contributed by atoms with Gasteiger partial charge in [0.25, 0.3) is 0 Å². The van der Waals surface area contributed by atoms with Gasteiger partial charge in [-0.1, -0.05) is 41.6 Å². The van der Waals surface area contributed by atoms with Gasteiger partial charge in [-0.3, -0.25) is 0 Å². The minimum atomic E-state index is 0.285. The monoisotopic (exact) mass is 178 g/mol. The first-order chi connectivity index (χ1) is 5.40. The lowest BCUT2D eigenvalue weighted by Crippen LogP contribution is -1.80. The second kappa shape index (κ2) is 2.84. The third kappa shape index (κ3) is 1.26. The van der Waals surface area contributed by atoms with Gasteiger partial charge in [0.15, 0.2) is 0 Å². The SMILES string of the molecule is C#CC1Sc2ccccc2S1. The van der Waals surface area contributed by atoms with Crippen LogP contribution in [0.4, 0.5) is 0 Å². The van der Waals surface area contributed by atoms with Crippen molar-refractivity contribution in [2.45, 2.75) is 14.4 Å². The lowest BCUT2D eigenvalue weighted by atomic mass is 10.4. The van der Waals surface area contributed by atoms with Gasteiger partial charge in [-0.15, -0.1) is 6.42 Å². The molecule has 0 saturated carbocycles. The van der Waals surface area contributed by atoms with Crippen LogP contribution in [0.3, 0.4) is 0 Å². The van der Waals surface area contributed by atoms with Crippen molar-refractivity contribution in [3.05, 3.63) is 24.3 Å². The number of hydrogen-bond donors (Lipinski definition) is 0. The van der Waals surface area contributed by atoms with Crippen molar-refractivity contribution in [1.82, 2.24) is 0 Å². The minimum Gasteiger partial charge on any atom is -0.118 e. The van der Waals surface area contributed by atoms with Crippen LogP contribution in [0.15, 0.2) is 34.1 Å². The van der Waals surface area contributed by atoms with E-state index in [9.17, 15) is 0 Å². The molecule has 0 atom stereocenters. The third-order valence-electron chi connectivity index (χ3n) is 1.45. The van der Waals surface area contributed by atoms with Gasteiger partial charge in [0, 0.05) is 9.79 Å². The molecule has 0 aliphatic carbocycles. The standard InChI is InChI=1S/C9H6S2/c1-2-9-10-7-5-3-4-6-8(7)11-9/h1,3-6,9H. The molecule has 1 aromatic carbocycles. The first-order valence-electron chi connectivity index (χ1n) is 3.28. The van der Waals surface area contributed by atoms with Crippen LogP contribution in [0.5, 0.6) is 0 Å². The molecule has 0 spiro atoms. The van der Waals surface area contributed by atoms with Crippen molar-refractivity contribution >= 4 is 23.5 Å². The Bertz CT molecular complexity index is 287. The van der Waals surface area contributed by atoms with E-state index in [4.69, 9.17) is 6.42 Å². The fourth-order valence-corrected chi connectivity index (χ4v) is 3.35. The molecule has 11 heavy (non-hydrogen) atoms. The zero-order chi connectivity index (χ0) is 7.68. The molecule has 1 aliphatic heterocycles. The summed E-state index contributed by atoms with van der Waals surface area (Å²) in [6, 6.07) is 8.32. The summed E-state index contributed by atoms with van der Waals surface area (Å²) in [5.41, 5.74) is 0. The Balaban J connectivity index is 2.35. The molecule has 0 aromatic heterocycles. The molecule has 0 fully saturated rings. The molecule has 1 heterocycles. The summed E-state index contributed by atoms with van der Waals surface area (Å²) in [7, 11) is 0. The highest BCUT2D eigenvalue weighted by atomic mass is 32.2. The van der Waals surface area contributed by atoms with Gasteiger partial charge in [-0.05, 0) is 12.1 Å². The van der Waals surface area contributed by atoms with Crippen molar-refractivity contribution in [3.63, 3.8) is 0 Å². The molecular weight excluding hydrogens is 172 g/mol. The Morgan fingerprint density at radius 1 is 1.18 bits per heavy atom. The third-order valence-corrected chi connectivity index (χ3v) is 4.08. The van der Waals surface area contributed by atoms with Crippen molar-refractivity contribution < 1.29 is 0 Å². The molecular formula is C9H6S2. The molecule has 0 amide bonds. The van der Waals surface area contributed by atoms with E-state index in [2.05, 4.69) is 18.1 Å². The molecule has 0 N–H and O–H groups in total. The zero-order valence-electron chi connectivity index (χ0n) is 5.78. The van der Waals surface area contributed by atoms with Gasteiger partial charge >= 0.3 is 0 Å². The van der Waals surface area contributed by atoms with Crippen LogP contribution >= 0.6 is 23.5 Å². The molecule has 2 heteroatoms. The average Bonchev–Trinajstić information content (AvgIpc) is 2.46. The summed E-state index contributed by atoms with van der Waals surface area (Å²) >= 11 is 3.53. The van der Waals surface area contributed by atoms with Crippen molar-refractivity contribution in [3.8, 4) is 12.3 Å². The van der Waals surface area contributed by atoms with Gasteiger partial charge in [0.2, 0.25) is 0 Å². The number of benzene rings is 1. The maximum Gasteiger partial charge on any atom is 0.120 e. The quantitative estimate of drug-likeness (QED) is 0.560. The van der Waals surface area contributed by atoms with E-state index < -0.39 is 0 Å². The highest BCUT2D eigenvalue weighted by molar-refractivity contribution is 8.19. The Morgan fingerprint density at radius 3 is 2.18 bits per heavy atom. The Labute approximate surface area is 74.8 Å². The summed E-state index contributed by atoms with van der Waals surface area (Å²) < 4.78 is 0.285. The van der Waals surface area contributed by atoms with E-state index in [-0.39, 0.29) is 4.58 Å². The summed E-state index contributed by atoms with van der Waals surface area (Å²) in [4.78, 5) is 2.64. The number of hydrogen-bond acceptors (Lipinski definition) is 2. The van der Waals surface area contributed by atoms with Crippen LogP contribution < -0.4 is 0 Å². The van der Waals surface area contributed by atoms with Crippen LogP contribution in [0.1, 0.15) is 0 Å². The molecule has 0 nitrogen and oxygen atoms in total. The maximum absolute atomic E-state index is 5.32. The van der Waals surface area contributed by atoms with Gasteiger partial charge in [0.05, 0.1) is 0 Å². The van der Waals surface area contributed by atoms with E-state index in [1.54, 1.807) is 23.5 Å². The van der Waals surface area contributed by atoms with Crippen LogP contribution in [0, 0.1) is 12.3 Å². The van der Waals surface area contributed by atoms with Crippen molar-refractivity contribution in [1.29, 1.82) is 0 Å². The average molecular weight is 178 g/mol. The van der Waals surface area contributed by atoms with Crippen molar-refractivity contribution in [2.75, 3.05) is 0 Å². The normalized spacial score (nSPS) is 15.9. The van der Waals surface area contributed by atoms with Crippen molar-refractivity contribution in [2.24, 2.45) is 0 Å². The molecule has 1 aromatic rings. The van der Waals surface area contributed by atoms with Crippen LogP contribution in [-0.2, 0) is 0 Å². The number of fused-ring (bicyclic) bond motifs is 1. The first-order valence-corrected chi connectivity index (χ1v) is 5.04. The van der Waals surface area contributed by atoms with E-state index in [1.165, 1.54) is 9.79 Å². The summed E-state index contributed by atoms with van der Waals surface area (Å²) in [5.74, 6) is 2.74. The van der Waals surface area contributed by atoms with E-state index in [1.807, 2.05) is 12.1 Å². The molecule has 0 bridgehead atoms. The first kappa shape index (κ1) is 7.15. The summed E-state index contributed by atoms with van der Waals surface area (Å²) in [5, 5.41) is 0. The smallest absolute Gasteiger partial charge is 0.118 e. The second-order valence-corrected chi connectivity index (χ2v) is 4.77. The maximum atomic E-state index is 5.32. The van der Waals surface area contributed by atoms with E-state index in [0.29, 0.717) is 0 Å². The topological polar surface area (TPSA) is 0 Å². The predicted molar refractivity (Wildman–Crippen MR) is 50.8 cm³/mol. The van der Waals surface area contributed by atoms with Crippen LogP contribution in [0.2, 0.25) is 0 Å². The molecule has 1 aliphatic rings. The minimum absolute atomic E-state index is 0.285. The number of rotatable bonds is 0. The van der Waals surface area contributed by atoms with Gasteiger partial charge in [0.1, 0.15) is 4.58 Å². The van der Waals surface area contributed by atoms with Gasteiger partial charge < -0.3 is 0 Å². The summed E-state index contributed by atoms with van der Waals surface area (Å²) in [6.45, 7) is 0. The fourth-order valence-electron chi connectivity index (χ4n) is 0.968. The Morgan fingerprint density at radius 2 is 1.73 bits per heavy atom. The molecule has 0 unspecified atom stereocenters. The zero-order valence-corrected chi connectivity index (χ0v) is 7.41. The molecule has 0 saturated heterocycles. The highest BCUT2D eigenvalue weighted by Crippen LogP contribution is 2.46. The Kier molecular flexibility index (Phi) is 1.85. The van der Waals surface area contributed by atoms with Crippen LogP contribution in [0.25, 0.3) is 0 Å². The largest absolute Gasteiger partial charge is 0.120 e. The highest BCUT2D eigenvalue weighted by Gasteiger charge is 2.19. The van der Waals surface area contributed by atoms with E-state index in [0.717, 1.165) is 0 Å². The lowest BCUT2D eigenvalue weighted by Gasteiger charge is -1.92. The Hall–Kier alpha value is -0.520. The number of thioether (sulfide) groups is 2. The predicted octanol–water partition coefficient (Wildman–Crippen LogP) is 2.84. The fraction of sp³-hybridized carbons (Fsp3) is 0.111.